The normalized spacial score (nSPS) is 14.6. The van der Waals surface area contributed by atoms with Gasteiger partial charge < -0.3 is 0 Å². The van der Waals surface area contributed by atoms with Crippen LogP contribution in [0.5, 0.6) is 0 Å². The Morgan fingerprint density at radius 2 is 0.842 bits per heavy atom. The SMILES string of the molecule is O=S(=O)(CCCCCS(=O)(=O)C(F)(F)F)C(F)(F)F. The first kappa shape index (κ1) is 18.5. The highest BCUT2D eigenvalue weighted by atomic mass is 32.2. The Morgan fingerprint density at radius 1 is 0.579 bits per heavy atom. The molecule has 0 aromatic rings. The Morgan fingerprint density at radius 3 is 1.05 bits per heavy atom. The zero-order chi connectivity index (χ0) is 15.5. The molecule has 116 valence electrons. The van der Waals surface area contributed by atoms with Crippen LogP contribution >= 0.6 is 0 Å². The zero-order valence-corrected chi connectivity index (χ0v) is 10.9. The Balaban J connectivity index is 4.18. The number of sulfone groups is 2. The van der Waals surface area contributed by atoms with Gasteiger partial charge in [0.1, 0.15) is 0 Å². The van der Waals surface area contributed by atoms with Crippen molar-refractivity contribution in [3.63, 3.8) is 0 Å². The molecule has 0 spiro atoms. The first-order chi connectivity index (χ1) is 8.21. The highest BCUT2D eigenvalue weighted by Gasteiger charge is 2.45. The summed E-state index contributed by atoms with van der Waals surface area (Å²) in [5, 5.41) is 0. The van der Waals surface area contributed by atoms with Gasteiger partial charge in [0.25, 0.3) is 0 Å². The van der Waals surface area contributed by atoms with Gasteiger partial charge >= 0.3 is 11.0 Å². The Kier molecular flexibility index (Phi) is 5.69. The minimum atomic E-state index is -5.41. The summed E-state index contributed by atoms with van der Waals surface area (Å²) in [5.41, 5.74) is -10.8. The molecule has 0 aliphatic rings. The lowest BCUT2D eigenvalue weighted by Gasteiger charge is -2.09. The average molecular weight is 336 g/mol. The molecular formula is C7H10F6O4S2. The van der Waals surface area contributed by atoms with E-state index in [0.717, 1.165) is 0 Å². The van der Waals surface area contributed by atoms with Gasteiger partial charge in [-0.2, -0.15) is 26.3 Å². The molecule has 0 fully saturated rings. The number of rotatable bonds is 6. The van der Waals surface area contributed by atoms with Crippen LogP contribution in [0.15, 0.2) is 0 Å². The second-order valence-corrected chi connectivity index (χ2v) is 7.79. The van der Waals surface area contributed by atoms with E-state index in [-0.39, 0.29) is 6.42 Å². The van der Waals surface area contributed by atoms with Crippen LogP contribution in [0.3, 0.4) is 0 Å². The van der Waals surface area contributed by atoms with Gasteiger partial charge in [0.15, 0.2) is 0 Å². The smallest absolute Gasteiger partial charge is 0.220 e. The van der Waals surface area contributed by atoms with E-state index in [4.69, 9.17) is 0 Å². The summed E-state index contributed by atoms with van der Waals surface area (Å²) >= 11 is 0. The van der Waals surface area contributed by atoms with Crippen molar-refractivity contribution in [1.29, 1.82) is 0 Å². The van der Waals surface area contributed by atoms with Gasteiger partial charge in [0, 0.05) is 0 Å². The number of unbranched alkanes of at least 4 members (excludes halogenated alkanes) is 2. The van der Waals surface area contributed by atoms with Gasteiger partial charge in [0.05, 0.1) is 11.5 Å². The van der Waals surface area contributed by atoms with Gasteiger partial charge in [-0.05, 0) is 12.8 Å². The number of hydrogen-bond acceptors (Lipinski definition) is 4. The Labute approximate surface area is 105 Å². The van der Waals surface area contributed by atoms with Crippen molar-refractivity contribution in [2.24, 2.45) is 0 Å². The maximum atomic E-state index is 11.9. The van der Waals surface area contributed by atoms with Gasteiger partial charge in [0.2, 0.25) is 19.7 Å². The van der Waals surface area contributed by atoms with Crippen LogP contribution < -0.4 is 0 Å². The summed E-state index contributed by atoms with van der Waals surface area (Å²) in [4.78, 5) is 0. The summed E-state index contributed by atoms with van der Waals surface area (Å²) < 4.78 is 113. The largest absolute Gasteiger partial charge is 0.497 e. The molecule has 0 aromatic carbocycles. The predicted octanol–water partition coefficient (Wildman–Crippen LogP) is 2.03. The fraction of sp³-hybridized carbons (Fsp3) is 1.00. The van der Waals surface area contributed by atoms with E-state index < -0.39 is 55.0 Å². The third kappa shape index (κ3) is 5.55. The van der Waals surface area contributed by atoms with Crippen LogP contribution in [-0.4, -0.2) is 39.4 Å². The van der Waals surface area contributed by atoms with Crippen molar-refractivity contribution in [3.8, 4) is 0 Å². The van der Waals surface area contributed by atoms with Crippen LogP contribution in [0.2, 0.25) is 0 Å². The molecule has 0 N–H and O–H groups in total. The highest BCUT2D eigenvalue weighted by Crippen LogP contribution is 2.26. The molecule has 4 nitrogen and oxygen atoms in total. The Hall–Kier alpha value is -0.520. The summed E-state index contributed by atoms with van der Waals surface area (Å²) in [6, 6.07) is 0. The van der Waals surface area contributed by atoms with E-state index in [2.05, 4.69) is 0 Å². The molecular weight excluding hydrogens is 326 g/mol. The predicted molar refractivity (Wildman–Crippen MR) is 53.5 cm³/mol. The third-order valence-electron chi connectivity index (χ3n) is 2.03. The van der Waals surface area contributed by atoms with Crippen molar-refractivity contribution in [2.75, 3.05) is 11.5 Å². The van der Waals surface area contributed by atoms with E-state index in [0.29, 0.717) is 0 Å². The standard InChI is InChI=1S/C7H10F6O4S2/c8-6(9,10)18(14,15)4-2-1-3-5-19(16,17)7(11,12)13/h1-5H2. The van der Waals surface area contributed by atoms with Gasteiger partial charge in [-0.3, -0.25) is 0 Å². The van der Waals surface area contributed by atoms with Gasteiger partial charge in [-0.25, -0.2) is 16.8 Å². The fourth-order valence-corrected chi connectivity index (χ4v) is 2.62. The minimum absolute atomic E-state index is 0.370. The third-order valence-corrected chi connectivity index (χ3v) is 5.09. The summed E-state index contributed by atoms with van der Waals surface area (Å²) in [5.74, 6) is -2.55. The van der Waals surface area contributed by atoms with Gasteiger partial charge in [-0.15, -0.1) is 0 Å². The quantitative estimate of drug-likeness (QED) is 0.550. The zero-order valence-electron chi connectivity index (χ0n) is 9.25. The minimum Gasteiger partial charge on any atom is -0.220 e. The van der Waals surface area contributed by atoms with E-state index in [1.165, 1.54) is 0 Å². The molecule has 0 saturated carbocycles. The maximum absolute atomic E-state index is 11.9. The molecule has 0 heterocycles. The maximum Gasteiger partial charge on any atom is 0.497 e. The van der Waals surface area contributed by atoms with Crippen molar-refractivity contribution in [2.45, 2.75) is 30.3 Å². The van der Waals surface area contributed by atoms with E-state index in [1.807, 2.05) is 0 Å². The van der Waals surface area contributed by atoms with Crippen molar-refractivity contribution in [3.05, 3.63) is 0 Å². The molecule has 0 radical (unpaired) electrons. The molecule has 0 aliphatic carbocycles. The molecule has 0 aliphatic heterocycles. The lowest BCUT2D eigenvalue weighted by atomic mass is 10.3. The highest BCUT2D eigenvalue weighted by molar-refractivity contribution is 7.92. The number of hydrogen-bond donors (Lipinski definition) is 0. The second kappa shape index (κ2) is 5.85. The molecule has 0 unspecified atom stereocenters. The van der Waals surface area contributed by atoms with Crippen LogP contribution in [0, 0.1) is 0 Å². The number of alkyl halides is 6. The lowest BCUT2D eigenvalue weighted by Crippen LogP contribution is -2.27. The first-order valence-corrected chi connectivity index (χ1v) is 8.09. The van der Waals surface area contributed by atoms with E-state index >= 15 is 0 Å². The molecule has 0 amide bonds. The average Bonchev–Trinajstić information content (AvgIpc) is 2.12. The number of halogens is 6. The second-order valence-electron chi connectivity index (χ2n) is 3.59. The van der Waals surface area contributed by atoms with Crippen LogP contribution in [0.1, 0.15) is 19.3 Å². The van der Waals surface area contributed by atoms with Crippen molar-refractivity contribution in [1.82, 2.24) is 0 Å². The first-order valence-electron chi connectivity index (χ1n) is 4.79. The van der Waals surface area contributed by atoms with Crippen molar-refractivity contribution >= 4 is 19.7 Å². The fourth-order valence-electron chi connectivity index (χ4n) is 0.992. The molecule has 0 atom stereocenters. The van der Waals surface area contributed by atoms with E-state index in [1.54, 1.807) is 0 Å². The van der Waals surface area contributed by atoms with E-state index in [9.17, 15) is 43.2 Å². The molecule has 0 rings (SSSR count). The van der Waals surface area contributed by atoms with Crippen molar-refractivity contribution < 1.29 is 43.2 Å². The molecule has 19 heavy (non-hydrogen) atoms. The lowest BCUT2D eigenvalue weighted by molar-refractivity contribution is -0.0440. The Bertz CT molecular complexity index is 441. The van der Waals surface area contributed by atoms with Crippen LogP contribution in [0.25, 0.3) is 0 Å². The van der Waals surface area contributed by atoms with Gasteiger partial charge in [-0.1, -0.05) is 6.42 Å². The molecule has 12 heteroatoms. The summed E-state index contributed by atoms with van der Waals surface area (Å²) in [7, 11) is -10.6. The van der Waals surface area contributed by atoms with Crippen LogP contribution in [-0.2, 0) is 19.7 Å². The summed E-state index contributed by atoms with van der Waals surface area (Å²) in [6.45, 7) is 0. The van der Waals surface area contributed by atoms with Crippen LogP contribution in [0.4, 0.5) is 26.3 Å². The molecule has 0 aromatic heterocycles. The monoisotopic (exact) mass is 336 g/mol. The topological polar surface area (TPSA) is 68.3 Å². The molecule has 0 bridgehead atoms. The molecule has 0 saturated heterocycles. The summed E-state index contributed by atoms with van der Waals surface area (Å²) in [6.07, 6.45) is -1.49.